The summed E-state index contributed by atoms with van der Waals surface area (Å²) in [4.78, 5) is 12.3. The van der Waals surface area contributed by atoms with E-state index >= 15 is 0 Å². The molecule has 0 aromatic carbocycles. The van der Waals surface area contributed by atoms with Crippen LogP contribution in [0.25, 0.3) is 0 Å². The van der Waals surface area contributed by atoms with E-state index in [2.05, 4.69) is 34.6 Å². The fraction of sp³-hybridized carbons (Fsp3) is 0.870. The Kier molecular flexibility index (Phi) is 2.75. The maximum absolute atomic E-state index is 12.3. The van der Waals surface area contributed by atoms with Crippen molar-refractivity contribution >= 4 is 5.97 Å². The molecule has 3 nitrogen and oxygen atoms in total. The average molecular weight is 357 g/mol. The summed E-state index contributed by atoms with van der Waals surface area (Å²) in [7, 11) is 0. The minimum absolute atomic E-state index is 0.0422. The van der Waals surface area contributed by atoms with Crippen molar-refractivity contribution in [2.45, 2.75) is 72.5 Å². The van der Waals surface area contributed by atoms with Crippen LogP contribution in [0.4, 0.5) is 0 Å². The van der Waals surface area contributed by atoms with Crippen LogP contribution >= 0.6 is 0 Å². The smallest absolute Gasteiger partial charge is 0.334 e. The number of rotatable bonds is 0. The van der Waals surface area contributed by atoms with Gasteiger partial charge in [0.15, 0.2) is 0 Å². The quantitative estimate of drug-likeness (QED) is 0.605. The minimum atomic E-state index is -0.0422. The van der Waals surface area contributed by atoms with Crippen LogP contribution in [0, 0.1) is 45.8 Å². The fourth-order valence-corrected chi connectivity index (χ4v) is 8.71. The Balaban J connectivity index is 1.48. The highest BCUT2D eigenvalue weighted by molar-refractivity contribution is 5.92. The second-order valence-corrected chi connectivity index (χ2v) is 11.2. The summed E-state index contributed by atoms with van der Waals surface area (Å²) in [6, 6.07) is 0. The third-order valence-electron chi connectivity index (χ3n) is 10.2. The monoisotopic (exact) mass is 356 g/mol. The molecular formula is C23H32O3. The first kappa shape index (κ1) is 16.2. The Bertz CT molecular complexity index is 755. The molecule has 0 radical (unpaired) electrons. The van der Waals surface area contributed by atoms with Gasteiger partial charge in [0.25, 0.3) is 0 Å². The Morgan fingerprint density at radius 2 is 1.81 bits per heavy atom. The first-order chi connectivity index (χ1) is 12.2. The lowest BCUT2D eigenvalue weighted by Gasteiger charge is -2.56. The summed E-state index contributed by atoms with van der Waals surface area (Å²) in [6.07, 6.45) is 5.73. The number of carbonyl (C=O) groups is 1. The third kappa shape index (κ3) is 1.57. The van der Waals surface area contributed by atoms with E-state index in [1.54, 1.807) is 0 Å². The van der Waals surface area contributed by atoms with Crippen LogP contribution in [0.3, 0.4) is 0 Å². The molecule has 4 fully saturated rings. The molecule has 4 aliphatic carbocycles. The number of carbonyl (C=O) groups excluding carboxylic acids is 1. The van der Waals surface area contributed by atoms with Crippen LogP contribution in [0.2, 0.25) is 0 Å². The van der Waals surface area contributed by atoms with Crippen LogP contribution < -0.4 is 0 Å². The van der Waals surface area contributed by atoms with Crippen molar-refractivity contribution in [2.75, 3.05) is 6.61 Å². The van der Waals surface area contributed by atoms with Crippen molar-refractivity contribution in [1.29, 1.82) is 0 Å². The third-order valence-corrected chi connectivity index (χ3v) is 10.2. The summed E-state index contributed by atoms with van der Waals surface area (Å²) in [6.45, 7) is 12.6. The predicted molar refractivity (Wildman–Crippen MR) is 98.2 cm³/mol. The molecule has 6 rings (SSSR count). The lowest BCUT2D eigenvalue weighted by Crippen LogP contribution is -2.55. The molecule has 1 spiro atoms. The summed E-state index contributed by atoms with van der Waals surface area (Å²) in [5, 5.41) is 0. The maximum Gasteiger partial charge on any atom is 0.334 e. The van der Waals surface area contributed by atoms with Crippen LogP contribution in [0.15, 0.2) is 11.1 Å². The molecule has 0 aromatic heterocycles. The van der Waals surface area contributed by atoms with Gasteiger partial charge in [0.05, 0.1) is 12.2 Å². The van der Waals surface area contributed by atoms with E-state index in [1.165, 1.54) is 24.8 Å². The lowest BCUT2D eigenvalue weighted by atomic mass is 9.51. The second kappa shape index (κ2) is 4.42. The molecule has 0 N–H and O–H groups in total. The molecule has 6 aliphatic rings. The summed E-state index contributed by atoms with van der Waals surface area (Å²) in [5.74, 6) is 3.02. The molecule has 0 amide bonds. The van der Waals surface area contributed by atoms with Gasteiger partial charge in [-0.2, -0.15) is 0 Å². The zero-order valence-electron chi connectivity index (χ0n) is 16.8. The highest BCUT2D eigenvalue weighted by Gasteiger charge is 2.78. The molecule has 0 aromatic rings. The predicted octanol–water partition coefficient (Wildman–Crippen LogP) is 4.36. The van der Waals surface area contributed by atoms with Gasteiger partial charge in [0.2, 0.25) is 0 Å². The van der Waals surface area contributed by atoms with Crippen LogP contribution in [-0.2, 0) is 14.3 Å². The van der Waals surface area contributed by atoms with Crippen molar-refractivity contribution in [3.05, 3.63) is 11.1 Å². The van der Waals surface area contributed by atoms with E-state index in [9.17, 15) is 4.79 Å². The molecule has 0 bridgehead atoms. The summed E-state index contributed by atoms with van der Waals surface area (Å²) in [5.41, 5.74) is 3.38. The summed E-state index contributed by atoms with van der Waals surface area (Å²) >= 11 is 0. The molecular weight excluding hydrogens is 324 g/mol. The largest absolute Gasteiger partial charge is 0.458 e. The number of hydrogen-bond acceptors (Lipinski definition) is 3. The van der Waals surface area contributed by atoms with E-state index < -0.39 is 0 Å². The second-order valence-electron chi connectivity index (χ2n) is 11.2. The molecule has 26 heavy (non-hydrogen) atoms. The Hall–Kier alpha value is -0.830. The number of cyclic esters (lactones) is 1. The molecule has 10 atom stereocenters. The molecule has 3 heteroatoms. The fourth-order valence-electron chi connectivity index (χ4n) is 8.71. The first-order valence-corrected chi connectivity index (χ1v) is 10.8. The standard InChI is InChI=1S/C23H32O3/c1-11-7-22(5)16(15-10-25-19(24)18(11)15)6-14-8-23(14)13(3)21(4)9-17(21)12(2)26-20(22)23/h11-14,16-17,20H,6-10H2,1-5H3/t11?,12-,13?,14+,16-,17-,20+,21+,22-,23+/m0/s1. The van der Waals surface area contributed by atoms with Gasteiger partial charge in [-0.25, -0.2) is 4.79 Å². The molecule has 1 saturated heterocycles. The number of hydrogen-bond donors (Lipinski definition) is 0. The van der Waals surface area contributed by atoms with Crippen LogP contribution in [-0.4, -0.2) is 24.8 Å². The average Bonchev–Trinajstić information content (AvgIpc) is 3.44. The molecule has 2 aliphatic heterocycles. The molecule has 2 heterocycles. The Morgan fingerprint density at radius 3 is 2.58 bits per heavy atom. The molecule has 2 unspecified atom stereocenters. The van der Waals surface area contributed by atoms with Gasteiger partial charge in [0.1, 0.15) is 6.61 Å². The first-order valence-electron chi connectivity index (χ1n) is 10.8. The van der Waals surface area contributed by atoms with Crippen molar-refractivity contribution < 1.29 is 14.3 Å². The van der Waals surface area contributed by atoms with E-state index in [1.807, 2.05) is 0 Å². The van der Waals surface area contributed by atoms with Gasteiger partial charge < -0.3 is 9.47 Å². The zero-order chi connectivity index (χ0) is 18.2. The van der Waals surface area contributed by atoms with E-state index in [-0.39, 0.29) is 11.4 Å². The van der Waals surface area contributed by atoms with Gasteiger partial charge in [-0.3, -0.25) is 0 Å². The van der Waals surface area contributed by atoms with Crippen molar-refractivity contribution in [3.63, 3.8) is 0 Å². The van der Waals surface area contributed by atoms with Crippen LogP contribution in [0.5, 0.6) is 0 Å². The zero-order valence-corrected chi connectivity index (χ0v) is 16.8. The highest BCUT2D eigenvalue weighted by atomic mass is 16.5. The van der Waals surface area contributed by atoms with Gasteiger partial charge in [-0.1, -0.05) is 27.7 Å². The van der Waals surface area contributed by atoms with Crippen molar-refractivity contribution in [1.82, 2.24) is 0 Å². The van der Waals surface area contributed by atoms with E-state index in [0.29, 0.717) is 41.5 Å². The van der Waals surface area contributed by atoms with E-state index in [0.717, 1.165) is 29.7 Å². The van der Waals surface area contributed by atoms with Crippen molar-refractivity contribution in [2.24, 2.45) is 45.8 Å². The minimum Gasteiger partial charge on any atom is -0.458 e. The maximum atomic E-state index is 12.3. The van der Waals surface area contributed by atoms with Gasteiger partial charge in [-0.05, 0) is 73.2 Å². The highest BCUT2D eigenvalue weighted by Crippen LogP contribution is 2.81. The SMILES string of the molecule is CC1C[C@]2(C)[C@H]3O[C@@H](C)[C@@H]4C[C@]4(C)C(C)[C@@]34C[C@H]4C[C@H]2C2=C1C(=O)OC2. The normalized spacial score (nSPS) is 62.2. The Morgan fingerprint density at radius 1 is 1.04 bits per heavy atom. The topological polar surface area (TPSA) is 35.5 Å². The number of ether oxygens (including phenoxy) is 2. The lowest BCUT2D eigenvalue weighted by molar-refractivity contribution is -0.162. The van der Waals surface area contributed by atoms with Crippen LogP contribution in [0.1, 0.15) is 60.3 Å². The van der Waals surface area contributed by atoms with Gasteiger partial charge in [-0.15, -0.1) is 0 Å². The van der Waals surface area contributed by atoms with Gasteiger partial charge >= 0.3 is 5.97 Å². The van der Waals surface area contributed by atoms with E-state index in [4.69, 9.17) is 9.47 Å². The molecule has 3 saturated carbocycles. The number of esters is 1. The molecule has 142 valence electrons. The number of fused-ring (bicyclic) bond motifs is 4. The summed E-state index contributed by atoms with van der Waals surface area (Å²) < 4.78 is 12.5. The van der Waals surface area contributed by atoms with Gasteiger partial charge in [0, 0.05) is 16.4 Å². The Labute approximate surface area is 156 Å². The van der Waals surface area contributed by atoms with Crippen molar-refractivity contribution in [3.8, 4) is 0 Å².